The minimum Gasteiger partial charge on any atom is -0.364 e. The van der Waals surface area contributed by atoms with Gasteiger partial charge in [-0.2, -0.15) is 0 Å². The van der Waals surface area contributed by atoms with E-state index in [0.717, 1.165) is 13.0 Å². The molecule has 1 rings (SSSR count). The molecule has 1 aliphatic rings. The summed E-state index contributed by atoms with van der Waals surface area (Å²) in [6.07, 6.45) is 0.890. The topological polar surface area (TPSA) is 74.0 Å². The van der Waals surface area contributed by atoms with Crippen molar-refractivity contribution >= 4 is 7.60 Å². The summed E-state index contributed by atoms with van der Waals surface area (Å²) in [4.78, 5) is 0. The maximum Gasteiger partial charge on any atom is 0.356 e. The van der Waals surface area contributed by atoms with E-state index in [1.54, 1.807) is 18.9 Å². The minimum atomic E-state index is -3.07. The van der Waals surface area contributed by atoms with Crippen molar-refractivity contribution in [2.75, 3.05) is 32.7 Å². The summed E-state index contributed by atoms with van der Waals surface area (Å²) >= 11 is 0. The van der Waals surface area contributed by atoms with Crippen molar-refractivity contribution in [1.29, 1.82) is 0 Å². The van der Waals surface area contributed by atoms with Crippen LogP contribution in [0, 0.1) is 0 Å². The number of rotatable bonds is 7. The lowest BCUT2D eigenvalue weighted by atomic mass is 10.3. The van der Waals surface area contributed by atoms with Crippen molar-refractivity contribution in [3.8, 4) is 0 Å². The normalized spacial score (nSPS) is 22.8. The molecule has 0 aromatic heterocycles. The van der Waals surface area contributed by atoms with Gasteiger partial charge < -0.3 is 13.8 Å². The molecular weight excluding hydrogens is 231 g/mol. The van der Waals surface area contributed by atoms with Gasteiger partial charge >= 0.3 is 7.60 Å². The molecule has 96 valence electrons. The van der Waals surface area contributed by atoms with E-state index in [4.69, 9.17) is 19.6 Å². The van der Waals surface area contributed by atoms with E-state index in [1.165, 1.54) is 0 Å². The molecule has 16 heavy (non-hydrogen) atoms. The third-order valence-electron chi connectivity index (χ3n) is 2.30. The fourth-order valence-electron chi connectivity index (χ4n) is 1.59. The molecule has 2 N–H and O–H groups in total. The molecule has 0 amide bonds. The molecule has 1 fully saturated rings. The van der Waals surface area contributed by atoms with Crippen LogP contribution >= 0.6 is 7.60 Å². The highest BCUT2D eigenvalue weighted by atomic mass is 31.2. The Bertz CT molecular complexity index is 242. The summed E-state index contributed by atoms with van der Waals surface area (Å²) in [5.41, 5.74) is 0. The Morgan fingerprint density at radius 2 is 2.00 bits per heavy atom. The van der Waals surface area contributed by atoms with Crippen LogP contribution in [-0.2, 0) is 18.3 Å². The number of hydrogen-bond acceptors (Lipinski definition) is 6. The zero-order valence-corrected chi connectivity index (χ0v) is 10.8. The minimum absolute atomic E-state index is 0.00713. The highest BCUT2D eigenvalue weighted by Gasteiger charge is 2.28. The van der Waals surface area contributed by atoms with Gasteiger partial charge in [-0.1, -0.05) is 0 Å². The smallest absolute Gasteiger partial charge is 0.356 e. The summed E-state index contributed by atoms with van der Waals surface area (Å²) in [5.74, 6) is 5.60. The lowest BCUT2D eigenvalue weighted by Gasteiger charge is -2.19. The number of hydrazine groups is 1. The zero-order valence-electron chi connectivity index (χ0n) is 9.92. The summed E-state index contributed by atoms with van der Waals surface area (Å²) in [7, 11) is -3.07. The number of hydrogen-bond donors (Lipinski definition) is 1. The summed E-state index contributed by atoms with van der Waals surface area (Å²) in [6.45, 7) is 5.74. The molecule has 6 nitrogen and oxygen atoms in total. The Kier molecular flexibility index (Phi) is 5.89. The first-order valence-corrected chi connectivity index (χ1v) is 7.31. The SMILES string of the molecule is CCOP(=O)(COC1CCN(N)C1)OCC. The predicted molar refractivity (Wildman–Crippen MR) is 61.0 cm³/mol. The highest BCUT2D eigenvalue weighted by molar-refractivity contribution is 7.53. The lowest BCUT2D eigenvalue weighted by molar-refractivity contribution is 0.0710. The highest BCUT2D eigenvalue weighted by Crippen LogP contribution is 2.48. The lowest BCUT2D eigenvalue weighted by Crippen LogP contribution is -2.29. The third kappa shape index (κ3) is 4.49. The fourth-order valence-corrected chi connectivity index (χ4v) is 3.00. The Balaban J connectivity index is 2.34. The average molecular weight is 252 g/mol. The number of nitrogens with zero attached hydrogens (tertiary/aromatic N) is 1. The Morgan fingerprint density at radius 3 is 2.44 bits per heavy atom. The van der Waals surface area contributed by atoms with E-state index < -0.39 is 7.60 Å². The van der Waals surface area contributed by atoms with E-state index in [9.17, 15) is 4.57 Å². The maximum absolute atomic E-state index is 12.0. The second-order valence-electron chi connectivity index (χ2n) is 3.65. The second-order valence-corrected chi connectivity index (χ2v) is 5.64. The van der Waals surface area contributed by atoms with E-state index >= 15 is 0 Å². The van der Waals surface area contributed by atoms with Crippen LogP contribution in [0.3, 0.4) is 0 Å². The van der Waals surface area contributed by atoms with Gasteiger partial charge in [0.15, 0.2) is 0 Å². The van der Waals surface area contributed by atoms with Crippen LogP contribution in [0.15, 0.2) is 0 Å². The molecular formula is C9H21N2O4P. The van der Waals surface area contributed by atoms with Crippen LogP contribution in [0.2, 0.25) is 0 Å². The van der Waals surface area contributed by atoms with Crippen LogP contribution in [0.25, 0.3) is 0 Å². The fraction of sp³-hybridized carbons (Fsp3) is 1.00. The molecule has 1 heterocycles. The first-order valence-electron chi connectivity index (χ1n) is 5.59. The van der Waals surface area contributed by atoms with Crippen molar-refractivity contribution in [3.05, 3.63) is 0 Å². The van der Waals surface area contributed by atoms with E-state index in [-0.39, 0.29) is 12.5 Å². The van der Waals surface area contributed by atoms with Crippen molar-refractivity contribution < 1.29 is 18.3 Å². The largest absolute Gasteiger partial charge is 0.364 e. The summed E-state index contributed by atoms with van der Waals surface area (Å²) < 4.78 is 27.8. The maximum atomic E-state index is 12.0. The van der Waals surface area contributed by atoms with Crippen LogP contribution in [0.5, 0.6) is 0 Å². The van der Waals surface area contributed by atoms with Crippen LogP contribution in [-0.4, -0.2) is 43.8 Å². The van der Waals surface area contributed by atoms with Gasteiger partial charge in [0.25, 0.3) is 0 Å². The average Bonchev–Trinajstić information content (AvgIpc) is 2.62. The third-order valence-corrected chi connectivity index (χ3v) is 4.06. The van der Waals surface area contributed by atoms with Gasteiger partial charge in [0, 0.05) is 13.1 Å². The molecule has 1 aliphatic heterocycles. The molecule has 7 heteroatoms. The van der Waals surface area contributed by atoms with Crippen LogP contribution in [0.1, 0.15) is 20.3 Å². The van der Waals surface area contributed by atoms with Crippen LogP contribution in [0.4, 0.5) is 0 Å². The Hall–Kier alpha value is 0.0300. The molecule has 1 unspecified atom stereocenters. The Labute approximate surface area is 96.5 Å². The first kappa shape index (κ1) is 14.1. The summed E-state index contributed by atoms with van der Waals surface area (Å²) in [5, 5.41) is 1.69. The molecule has 0 aliphatic carbocycles. The monoisotopic (exact) mass is 252 g/mol. The van der Waals surface area contributed by atoms with Gasteiger partial charge in [-0.3, -0.25) is 10.4 Å². The van der Waals surface area contributed by atoms with Crippen molar-refractivity contribution in [1.82, 2.24) is 5.01 Å². The van der Waals surface area contributed by atoms with Crippen molar-refractivity contribution in [2.45, 2.75) is 26.4 Å². The number of ether oxygens (including phenoxy) is 1. The standard InChI is InChI=1S/C9H21N2O4P/c1-3-14-16(12,15-4-2)8-13-9-5-6-11(10)7-9/h9H,3-8,10H2,1-2H3. The number of nitrogens with two attached hydrogens (primary N) is 1. The second kappa shape index (κ2) is 6.69. The molecule has 0 aromatic rings. The molecule has 0 aromatic carbocycles. The molecule has 0 bridgehead atoms. The van der Waals surface area contributed by atoms with Crippen molar-refractivity contribution in [2.24, 2.45) is 5.84 Å². The zero-order chi connectivity index (χ0) is 12.0. The quantitative estimate of drug-likeness (QED) is 0.541. The molecule has 0 saturated carbocycles. The first-order chi connectivity index (χ1) is 7.59. The van der Waals surface area contributed by atoms with Gasteiger partial charge in [-0.15, -0.1) is 0 Å². The van der Waals surface area contributed by atoms with E-state index in [2.05, 4.69) is 0 Å². The Morgan fingerprint density at radius 1 is 1.38 bits per heavy atom. The van der Waals surface area contributed by atoms with E-state index in [0.29, 0.717) is 19.8 Å². The molecule has 0 spiro atoms. The van der Waals surface area contributed by atoms with Crippen LogP contribution < -0.4 is 5.84 Å². The summed E-state index contributed by atoms with van der Waals surface area (Å²) in [6, 6.07) is 0. The van der Waals surface area contributed by atoms with Gasteiger partial charge in [0.05, 0.1) is 19.3 Å². The van der Waals surface area contributed by atoms with E-state index in [1.807, 2.05) is 0 Å². The van der Waals surface area contributed by atoms with Crippen molar-refractivity contribution in [3.63, 3.8) is 0 Å². The van der Waals surface area contributed by atoms with Gasteiger partial charge in [-0.05, 0) is 20.3 Å². The molecule has 0 radical (unpaired) electrons. The molecule has 1 saturated heterocycles. The van der Waals surface area contributed by atoms with Gasteiger partial charge in [-0.25, -0.2) is 5.01 Å². The van der Waals surface area contributed by atoms with Gasteiger partial charge in [0.1, 0.15) is 6.35 Å². The molecule has 1 atom stereocenters. The van der Waals surface area contributed by atoms with Gasteiger partial charge in [0.2, 0.25) is 0 Å². The predicted octanol–water partition coefficient (Wildman–Crippen LogP) is 1.17.